The normalized spacial score (nSPS) is 11.0. The molecule has 1 aromatic rings. The van der Waals surface area contributed by atoms with Crippen molar-refractivity contribution in [2.45, 2.75) is 26.4 Å². The maximum atomic E-state index is 13.9. The molecule has 3 nitrogen and oxygen atoms in total. The Labute approximate surface area is 109 Å². The molecule has 0 unspecified atom stereocenters. The Bertz CT molecular complexity index is 369. The molecule has 0 amide bonds. The Morgan fingerprint density at radius 3 is 2.72 bits per heavy atom. The monoisotopic (exact) mass is 254 g/mol. The highest BCUT2D eigenvalue weighted by atomic mass is 19.1. The van der Waals surface area contributed by atoms with Crippen LogP contribution in [0.15, 0.2) is 18.2 Å². The van der Waals surface area contributed by atoms with Gasteiger partial charge in [0, 0.05) is 44.5 Å². The van der Waals surface area contributed by atoms with Gasteiger partial charge in [0.25, 0.3) is 0 Å². The largest absolute Gasteiger partial charge is 0.383 e. The maximum Gasteiger partial charge on any atom is 0.129 e. The number of ether oxygens (including phenoxy) is 1. The molecule has 4 heteroatoms. The molecule has 0 saturated heterocycles. The average molecular weight is 254 g/mol. The highest BCUT2D eigenvalue weighted by Crippen LogP contribution is 2.22. The zero-order valence-corrected chi connectivity index (χ0v) is 11.7. The number of methoxy groups -OCH3 is 1. The van der Waals surface area contributed by atoms with Gasteiger partial charge in [0.15, 0.2) is 0 Å². The average Bonchev–Trinajstić information content (AvgIpc) is 2.34. The first-order valence-corrected chi connectivity index (χ1v) is 6.27. The summed E-state index contributed by atoms with van der Waals surface area (Å²) in [6.45, 7) is 6.01. The van der Waals surface area contributed by atoms with Crippen LogP contribution < -0.4 is 10.2 Å². The maximum absolute atomic E-state index is 13.9. The van der Waals surface area contributed by atoms with Crippen LogP contribution in [0.4, 0.5) is 10.1 Å². The lowest BCUT2D eigenvalue weighted by Crippen LogP contribution is -2.27. The van der Waals surface area contributed by atoms with Crippen molar-refractivity contribution < 1.29 is 9.13 Å². The molecule has 18 heavy (non-hydrogen) atoms. The summed E-state index contributed by atoms with van der Waals surface area (Å²) in [5.74, 6) is -0.162. The molecule has 0 bridgehead atoms. The van der Waals surface area contributed by atoms with Gasteiger partial charge in [0.1, 0.15) is 5.82 Å². The van der Waals surface area contributed by atoms with Crippen LogP contribution in [-0.4, -0.2) is 33.4 Å². The summed E-state index contributed by atoms with van der Waals surface area (Å²) in [4.78, 5) is 2.02. The second-order valence-corrected chi connectivity index (χ2v) is 4.69. The second kappa shape index (κ2) is 7.34. The van der Waals surface area contributed by atoms with E-state index in [2.05, 4.69) is 19.2 Å². The molecule has 0 aliphatic carbocycles. The molecule has 1 N–H and O–H groups in total. The number of halogens is 1. The van der Waals surface area contributed by atoms with E-state index >= 15 is 0 Å². The van der Waals surface area contributed by atoms with Crippen LogP contribution in [0.5, 0.6) is 0 Å². The van der Waals surface area contributed by atoms with E-state index in [1.54, 1.807) is 13.2 Å². The molecule has 0 aromatic heterocycles. The second-order valence-electron chi connectivity index (χ2n) is 4.69. The first kappa shape index (κ1) is 14.9. The van der Waals surface area contributed by atoms with Gasteiger partial charge in [0.05, 0.1) is 6.61 Å². The third-order valence-corrected chi connectivity index (χ3v) is 2.82. The van der Waals surface area contributed by atoms with Crippen molar-refractivity contribution in [2.24, 2.45) is 0 Å². The van der Waals surface area contributed by atoms with E-state index in [-0.39, 0.29) is 5.82 Å². The zero-order valence-electron chi connectivity index (χ0n) is 11.7. The van der Waals surface area contributed by atoms with Crippen molar-refractivity contribution in [1.82, 2.24) is 5.32 Å². The topological polar surface area (TPSA) is 24.5 Å². The molecular formula is C14H23FN2O. The van der Waals surface area contributed by atoms with Gasteiger partial charge in [-0.25, -0.2) is 4.39 Å². The van der Waals surface area contributed by atoms with Gasteiger partial charge in [-0.1, -0.05) is 19.9 Å². The quantitative estimate of drug-likeness (QED) is 0.808. The minimum Gasteiger partial charge on any atom is -0.383 e. The summed E-state index contributed by atoms with van der Waals surface area (Å²) in [7, 11) is 3.62. The number of nitrogens with one attached hydrogen (secondary N) is 1. The fourth-order valence-corrected chi connectivity index (χ4v) is 1.73. The van der Waals surface area contributed by atoms with Gasteiger partial charge in [-0.05, 0) is 12.1 Å². The smallest absolute Gasteiger partial charge is 0.129 e. The van der Waals surface area contributed by atoms with Crippen molar-refractivity contribution in [1.29, 1.82) is 0 Å². The summed E-state index contributed by atoms with van der Waals surface area (Å²) < 4.78 is 18.9. The molecule has 102 valence electrons. The Hall–Kier alpha value is -1.13. The Morgan fingerprint density at radius 2 is 2.11 bits per heavy atom. The van der Waals surface area contributed by atoms with E-state index in [1.165, 1.54) is 6.07 Å². The lowest BCUT2D eigenvalue weighted by molar-refractivity contribution is 0.206. The van der Waals surface area contributed by atoms with E-state index in [0.29, 0.717) is 24.8 Å². The molecular weight excluding hydrogens is 231 g/mol. The van der Waals surface area contributed by atoms with Crippen LogP contribution in [0.25, 0.3) is 0 Å². The van der Waals surface area contributed by atoms with Crippen molar-refractivity contribution >= 4 is 5.69 Å². The van der Waals surface area contributed by atoms with Crippen LogP contribution in [-0.2, 0) is 11.3 Å². The van der Waals surface area contributed by atoms with Crippen LogP contribution in [0, 0.1) is 5.82 Å². The molecule has 0 saturated carbocycles. The predicted molar refractivity (Wildman–Crippen MR) is 73.5 cm³/mol. The molecule has 0 heterocycles. The number of anilines is 1. The molecule has 0 radical (unpaired) electrons. The fraction of sp³-hybridized carbons (Fsp3) is 0.571. The number of likely N-dealkylation sites (N-methyl/N-ethyl adjacent to an activating group) is 1. The summed E-state index contributed by atoms with van der Waals surface area (Å²) >= 11 is 0. The van der Waals surface area contributed by atoms with Gasteiger partial charge in [0.2, 0.25) is 0 Å². The van der Waals surface area contributed by atoms with E-state index < -0.39 is 0 Å². The fourth-order valence-electron chi connectivity index (χ4n) is 1.73. The van der Waals surface area contributed by atoms with Gasteiger partial charge in [-0.15, -0.1) is 0 Å². The number of hydrogen-bond donors (Lipinski definition) is 1. The highest BCUT2D eigenvalue weighted by molar-refractivity contribution is 5.53. The summed E-state index contributed by atoms with van der Waals surface area (Å²) in [6.07, 6.45) is 0. The molecule has 0 spiro atoms. The van der Waals surface area contributed by atoms with E-state index in [1.807, 2.05) is 18.0 Å². The molecule has 0 aliphatic heterocycles. The van der Waals surface area contributed by atoms with Crippen LogP contribution >= 0.6 is 0 Å². The van der Waals surface area contributed by atoms with Gasteiger partial charge >= 0.3 is 0 Å². The molecule has 1 aromatic carbocycles. The number of rotatable bonds is 7. The minimum atomic E-state index is -0.162. The number of nitrogens with zero attached hydrogens (tertiary/aromatic N) is 1. The zero-order chi connectivity index (χ0) is 13.5. The third-order valence-electron chi connectivity index (χ3n) is 2.82. The Balaban J connectivity index is 2.85. The van der Waals surface area contributed by atoms with Crippen molar-refractivity contribution in [3.8, 4) is 0 Å². The SMILES string of the molecule is COCCN(C)c1cccc(F)c1CNC(C)C. The van der Waals surface area contributed by atoms with Crippen molar-refractivity contribution in [2.75, 3.05) is 32.2 Å². The Kier molecular flexibility index (Phi) is 6.09. The van der Waals surface area contributed by atoms with E-state index in [9.17, 15) is 4.39 Å². The van der Waals surface area contributed by atoms with Gasteiger partial charge in [-0.3, -0.25) is 0 Å². The summed E-state index contributed by atoms with van der Waals surface area (Å²) in [5, 5.41) is 3.26. The van der Waals surface area contributed by atoms with Gasteiger partial charge < -0.3 is 15.0 Å². The first-order valence-electron chi connectivity index (χ1n) is 6.27. The minimum absolute atomic E-state index is 0.162. The van der Waals surface area contributed by atoms with Crippen LogP contribution in [0.2, 0.25) is 0 Å². The molecule has 0 aliphatic rings. The molecule has 0 atom stereocenters. The third kappa shape index (κ3) is 4.27. The van der Waals surface area contributed by atoms with Crippen LogP contribution in [0.3, 0.4) is 0 Å². The van der Waals surface area contributed by atoms with Crippen LogP contribution in [0.1, 0.15) is 19.4 Å². The van der Waals surface area contributed by atoms with Gasteiger partial charge in [-0.2, -0.15) is 0 Å². The molecule has 1 rings (SSSR count). The summed E-state index contributed by atoms with van der Waals surface area (Å²) in [6, 6.07) is 5.52. The lowest BCUT2D eigenvalue weighted by Gasteiger charge is -2.23. The van der Waals surface area contributed by atoms with E-state index in [0.717, 1.165) is 12.2 Å². The summed E-state index contributed by atoms with van der Waals surface area (Å²) in [5.41, 5.74) is 1.63. The molecule has 0 fully saturated rings. The lowest BCUT2D eigenvalue weighted by atomic mass is 10.1. The predicted octanol–water partition coefficient (Wildman–Crippen LogP) is 2.41. The van der Waals surface area contributed by atoms with E-state index in [4.69, 9.17) is 4.74 Å². The number of hydrogen-bond acceptors (Lipinski definition) is 3. The standard InChI is InChI=1S/C14H23FN2O/c1-11(2)16-10-12-13(15)6-5-7-14(12)17(3)8-9-18-4/h5-7,11,16H,8-10H2,1-4H3. The van der Waals surface area contributed by atoms with Crippen molar-refractivity contribution in [3.63, 3.8) is 0 Å². The highest BCUT2D eigenvalue weighted by Gasteiger charge is 2.12. The van der Waals surface area contributed by atoms with Crippen molar-refractivity contribution in [3.05, 3.63) is 29.6 Å². The first-order chi connectivity index (χ1) is 8.56. The number of benzene rings is 1. The Morgan fingerprint density at radius 1 is 1.39 bits per heavy atom.